The molecule has 3 heteroatoms. The zero-order valence-corrected chi connectivity index (χ0v) is 13.8. The van der Waals surface area contributed by atoms with Gasteiger partial charge >= 0.3 is 0 Å². The fourth-order valence-corrected chi connectivity index (χ4v) is 2.35. The van der Waals surface area contributed by atoms with E-state index in [4.69, 9.17) is 16.3 Å². The van der Waals surface area contributed by atoms with Crippen LogP contribution in [0.3, 0.4) is 0 Å². The van der Waals surface area contributed by atoms with Crippen molar-refractivity contribution in [1.29, 1.82) is 0 Å². The summed E-state index contributed by atoms with van der Waals surface area (Å²) in [5.41, 5.74) is 0. The number of hydrogen-bond acceptors (Lipinski definition) is 2. The highest BCUT2D eigenvalue weighted by atomic mass is 35.5. The largest absolute Gasteiger partial charge is 0.486 e. The van der Waals surface area contributed by atoms with Gasteiger partial charge in [-0.2, -0.15) is 0 Å². The molecule has 118 valence electrons. The van der Waals surface area contributed by atoms with Crippen molar-refractivity contribution < 1.29 is 9.53 Å². The van der Waals surface area contributed by atoms with Gasteiger partial charge in [-0.3, -0.25) is 4.79 Å². The molecule has 0 N–H and O–H groups in total. The molecule has 0 unspecified atom stereocenters. The van der Waals surface area contributed by atoms with E-state index < -0.39 is 0 Å². The van der Waals surface area contributed by atoms with Crippen LogP contribution < -0.4 is 4.74 Å². The Morgan fingerprint density at radius 2 is 1.52 bits per heavy atom. The molecule has 0 radical (unpaired) electrons. The molecule has 0 aliphatic heterocycles. The zero-order valence-electron chi connectivity index (χ0n) is 13.1. The molecule has 0 atom stereocenters. The third-order valence-electron chi connectivity index (χ3n) is 3.52. The molecule has 0 spiro atoms. The molecule has 1 aromatic rings. The Morgan fingerprint density at radius 1 is 0.952 bits per heavy atom. The van der Waals surface area contributed by atoms with Crippen LogP contribution in [-0.4, -0.2) is 12.4 Å². The first-order chi connectivity index (χ1) is 10.2. The summed E-state index contributed by atoms with van der Waals surface area (Å²) in [6.45, 7) is 2.40. The van der Waals surface area contributed by atoms with Gasteiger partial charge in [-0.1, -0.05) is 63.5 Å². The fraction of sp³-hybridized carbons (Fsp3) is 0.611. The topological polar surface area (TPSA) is 26.3 Å². The molecule has 0 saturated carbocycles. The van der Waals surface area contributed by atoms with Gasteiger partial charge < -0.3 is 4.74 Å². The maximum atomic E-state index is 11.7. The van der Waals surface area contributed by atoms with Crippen molar-refractivity contribution in [1.82, 2.24) is 0 Å². The van der Waals surface area contributed by atoms with E-state index in [9.17, 15) is 4.79 Å². The average molecular weight is 311 g/mol. The van der Waals surface area contributed by atoms with E-state index in [2.05, 4.69) is 6.92 Å². The van der Waals surface area contributed by atoms with Crippen molar-refractivity contribution in [3.8, 4) is 5.75 Å². The molecule has 1 aromatic carbocycles. The van der Waals surface area contributed by atoms with E-state index in [0.717, 1.165) is 12.8 Å². The van der Waals surface area contributed by atoms with Crippen molar-refractivity contribution >= 4 is 17.4 Å². The second-order valence-corrected chi connectivity index (χ2v) is 5.94. The van der Waals surface area contributed by atoms with Gasteiger partial charge in [0.15, 0.2) is 5.78 Å². The summed E-state index contributed by atoms with van der Waals surface area (Å²) in [6, 6.07) is 7.09. The maximum Gasteiger partial charge on any atom is 0.170 e. The normalized spacial score (nSPS) is 10.6. The van der Waals surface area contributed by atoms with Crippen molar-refractivity contribution in [2.24, 2.45) is 0 Å². The predicted octanol–water partition coefficient (Wildman–Crippen LogP) is 5.82. The van der Waals surface area contributed by atoms with E-state index in [1.807, 2.05) is 0 Å². The van der Waals surface area contributed by atoms with Gasteiger partial charge in [0.2, 0.25) is 0 Å². The third-order valence-corrected chi connectivity index (χ3v) is 3.77. The quantitative estimate of drug-likeness (QED) is 0.455. The van der Waals surface area contributed by atoms with Gasteiger partial charge in [0, 0.05) is 11.4 Å². The first-order valence-corrected chi connectivity index (χ1v) is 8.50. The highest BCUT2D eigenvalue weighted by Crippen LogP contribution is 2.15. The number of hydrogen-bond donors (Lipinski definition) is 0. The lowest BCUT2D eigenvalue weighted by atomic mass is 10.1. The van der Waals surface area contributed by atoms with Crippen LogP contribution in [0.15, 0.2) is 24.3 Å². The van der Waals surface area contributed by atoms with Gasteiger partial charge in [0.1, 0.15) is 12.4 Å². The van der Waals surface area contributed by atoms with Crippen LogP contribution in [0.2, 0.25) is 5.02 Å². The summed E-state index contributed by atoms with van der Waals surface area (Å²) in [7, 11) is 0. The summed E-state index contributed by atoms with van der Waals surface area (Å²) in [6.07, 6.45) is 10.6. The number of halogens is 1. The van der Waals surface area contributed by atoms with Crippen LogP contribution in [0.25, 0.3) is 0 Å². The first-order valence-electron chi connectivity index (χ1n) is 8.12. The maximum absolute atomic E-state index is 11.7. The second kappa shape index (κ2) is 11.6. The van der Waals surface area contributed by atoms with E-state index in [1.54, 1.807) is 24.3 Å². The van der Waals surface area contributed by atoms with Crippen LogP contribution in [0.4, 0.5) is 0 Å². The highest BCUT2D eigenvalue weighted by Gasteiger charge is 2.03. The summed E-state index contributed by atoms with van der Waals surface area (Å²) < 4.78 is 5.44. The molecule has 1 rings (SSSR count). The standard InChI is InChI=1S/C18H27ClO2/c1-2-3-4-5-6-7-8-9-10-17(20)15-21-18-13-11-16(19)12-14-18/h11-14H,2-10,15H2,1H3. The molecule has 21 heavy (non-hydrogen) atoms. The van der Waals surface area contributed by atoms with Crippen molar-refractivity contribution in [2.45, 2.75) is 64.7 Å². The molecule has 0 saturated heterocycles. The van der Waals surface area contributed by atoms with Gasteiger partial charge in [-0.15, -0.1) is 0 Å². The Bertz CT molecular complexity index is 387. The smallest absolute Gasteiger partial charge is 0.170 e. The highest BCUT2D eigenvalue weighted by molar-refractivity contribution is 6.30. The number of carbonyl (C=O) groups is 1. The average Bonchev–Trinajstić information content (AvgIpc) is 2.49. The van der Waals surface area contributed by atoms with E-state index >= 15 is 0 Å². The predicted molar refractivity (Wildman–Crippen MR) is 89.2 cm³/mol. The van der Waals surface area contributed by atoms with Gasteiger partial charge in [-0.25, -0.2) is 0 Å². The van der Waals surface area contributed by atoms with Crippen molar-refractivity contribution in [2.75, 3.05) is 6.61 Å². The number of unbranched alkanes of at least 4 members (excludes halogenated alkanes) is 7. The summed E-state index contributed by atoms with van der Waals surface area (Å²) in [5, 5.41) is 0.674. The molecule has 0 fully saturated rings. The minimum absolute atomic E-state index is 0.165. The Hall–Kier alpha value is -1.02. The SMILES string of the molecule is CCCCCCCCCCC(=O)COc1ccc(Cl)cc1. The number of benzene rings is 1. The molecule has 0 aliphatic rings. The lowest BCUT2D eigenvalue weighted by Gasteiger charge is -2.05. The molecule has 2 nitrogen and oxygen atoms in total. The third kappa shape index (κ3) is 9.52. The minimum atomic E-state index is 0.165. The number of ether oxygens (including phenoxy) is 1. The number of Topliss-reactive ketones (excluding diaryl/α,β-unsaturated/α-hetero) is 1. The molecule has 0 heterocycles. The lowest BCUT2D eigenvalue weighted by molar-refractivity contribution is -0.121. The number of ketones is 1. The zero-order chi connectivity index (χ0) is 15.3. The van der Waals surface area contributed by atoms with Crippen LogP contribution in [0, 0.1) is 0 Å². The number of rotatable bonds is 12. The van der Waals surface area contributed by atoms with Crippen molar-refractivity contribution in [3.05, 3.63) is 29.3 Å². The van der Waals surface area contributed by atoms with E-state index in [1.165, 1.54) is 38.5 Å². The van der Waals surface area contributed by atoms with Crippen LogP contribution in [-0.2, 0) is 4.79 Å². The van der Waals surface area contributed by atoms with Crippen molar-refractivity contribution in [3.63, 3.8) is 0 Å². The Kier molecular flexibility index (Phi) is 9.98. The summed E-state index contributed by atoms with van der Waals surface area (Å²) >= 11 is 5.79. The Labute approximate surface area is 133 Å². The summed E-state index contributed by atoms with van der Waals surface area (Å²) in [5.74, 6) is 0.875. The Balaban J connectivity index is 1.97. The molecular formula is C18H27ClO2. The molecule has 0 amide bonds. The Morgan fingerprint density at radius 3 is 2.14 bits per heavy atom. The number of carbonyl (C=O) groups excluding carboxylic acids is 1. The molecule has 0 bridgehead atoms. The van der Waals surface area contributed by atoms with Crippen LogP contribution in [0.1, 0.15) is 64.7 Å². The van der Waals surface area contributed by atoms with Gasteiger partial charge in [0.25, 0.3) is 0 Å². The van der Waals surface area contributed by atoms with E-state index in [-0.39, 0.29) is 12.4 Å². The monoisotopic (exact) mass is 310 g/mol. The second-order valence-electron chi connectivity index (χ2n) is 5.51. The molecule has 0 aromatic heterocycles. The van der Waals surface area contributed by atoms with Crippen LogP contribution in [0.5, 0.6) is 5.75 Å². The van der Waals surface area contributed by atoms with Gasteiger partial charge in [0.05, 0.1) is 0 Å². The summed E-state index contributed by atoms with van der Waals surface area (Å²) in [4.78, 5) is 11.7. The van der Waals surface area contributed by atoms with Crippen LogP contribution >= 0.6 is 11.6 Å². The van der Waals surface area contributed by atoms with Gasteiger partial charge in [-0.05, 0) is 30.7 Å². The fourth-order valence-electron chi connectivity index (χ4n) is 2.22. The lowest BCUT2D eigenvalue weighted by Crippen LogP contribution is -2.10. The minimum Gasteiger partial charge on any atom is -0.486 e. The first kappa shape index (κ1) is 18.0. The van der Waals surface area contributed by atoms with E-state index in [0.29, 0.717) is 17.2 Å². The molecule has 0 aliphatic carbocycles. The molecular weight excluding hydrogens is 284 g/mol.